The summed E-state index contributed by atoms with van der Waals surface area (Å²) in [5, 5.41) is 11.2. The maximum Gasteiger partial charge on any atom is 0.292 e. The molecule has 2 atom stereocenters. The SMILES string of the molecule is CN(CC(=O)N1C[C@@H](N)[C@H](c2ccccc2)C1)c1ccccc1[N+](=O)[O-]. The van der Waals surface area contributed by atoms with E-state index in [0.29, 0.717) is 18.8 Å². The second-order valence-electron chi connectivity index (χ2n) is 6.58. The van der Waals surface area contributed by atoms with Crippen molar-refractivity contribution in [2.45, 2.75) is 12.0 Å². The first-order valence-corrected chi connectivity index (χ1v) is 8.50. The summed E-state index contributed by atoms with van der Waals surface area (Å²) in [6.45, 7) is 1.12. The number of hydrogen-bond acceptors (Lipinski definition) is 5. The van der Waals surface area contributed by atoms with Crippen molar-refractivity contribution in [2.75, 3.05) is 31.6 Å². The van der Waals surface area contributed by atoms with E-state index < -0.39 is 4.92 Å². The molecule has 1 fully saturated rings. The Balaban J connectivity index is 1.68. The second-order valence-corrected chi connectivity index (χ2v) is 6.58. The number of rotatable bonds is 5. The molecule has 0 radical (unpaired) electrons. The van der Waals surface area contributed by atoms with Gasteiger partial charge in [0.2, 0.25) is 5.91 Å². The number of anilines is 1. The van der Waals surface area contributed by atoms with E-state index in [-0.39, 0.29) is 30.1 Å². The molecule has 1 aliphatic heterocycles. The minimum Gasteiger partial charge on any atom is -0.360 e. The van der Waals surface area contributed by atoms with Gasteiger partial charge in [-0.25, -0.2) is 0 Å². The van der Waals surface area contributed by atoms with Crippen LogP contribution in [-0.4, -0.2) is 48.5 Å². The Kier molecular flexibility index (Phi) is 5.18. The standard InChI is InChI=1S/C19H22N4O3/c1-21(17-9-5-6-10-18(17)23(25)26)13-19(24)22-11-15(16(20)12-22)14-7-3-2-4-8-14/h2-10,15-16H,11-13,20H2,1H3/t15-,16+/m0/s1. The van der Waals surface area contributed by atoms with Gasteiger partial charge in [-0.15, -0.1) is 0 Å². The average Bonchev–Trinajstić information content (AvgIpc) is 3.04. The number of nitro groups is 1. The van der Waals surface area contributed by atoms with E-state index in [1.807, 2.05) is 30.3 Å². The van der Waals surface area contributed by atoms with Crippen molar-refractivity contribution >= 4 is 17.3 Å². The molecule has 0 saturated carbocycles. The minimum atomic E-state index is -0.437. The number of benzene rings is 2. The number of nitrogens with zero attached hydrogens (tertiary/aromatic N) is 3. The summed E-state index contributed by atoms with van der Waals surface area (Å²) in [6.07, 6.45) is 0. The first-order valence-electron chi connectivity index (χ1n) is 8.50. The molecule has 7 nitrogen and oxygen atoms in total. The maximum absolute atomic E-state index is 12.7. The van der Waals surface area contributed by atoms with Crippen molar-refractivity contribution in [3.05, 3.63) is 70.3 Å². The number of amides is 1. The molecule has 2 N–H and O–H groups in total. The van der Waals surface area contributed by atoms with E-state index in [9.17, 15) is 14.9 Å². The van der Waals surface area contributed by atoms with Gasteiger partial charge >= 0.3 is 0 Å². The Bertz CT molecular complexity index is 796. The monoisotopic (exact) mass is 354 g/mol. The number of nitrogens with two attached hydrogens (primary N) is 1. The molecule has 136 valence electrons. The van der Waals surface area contributed by atoms with Gasteiger partial charge in [0.25, 0.3) is 5.69 Å². The second kappa shape index (κ2) is 7.53. The third-order valence-electron chi connectivity index (χ3n) is 4.81. The van der Waals surface area contributed by atoms with Gasteiger partial charge in [0.1, 0.15) is 5.69 Å². The lowest BCUT2D eigenvalue weighted by Crippen LogP contribution is -2.39. The first-order chi connectivity index (χ1) is 12.5. The van der Waals surface area contributed by atoms with Crippen LogP contribution in [0.2, 0.25) is 0 Å². The molecule has 0 unspecified atom stereocenters. The van der Waals surface area contributed by atoms with E-state index in [1.54, 1.807) is 35.0 Å². The van der Waals surface area contributed by atoms with Gasteiger partial charge in [-0.05, 0) is 11.6 Å². The van der Waals surface area contributed by atoms with Crippen LogP contribution in [0.3, 0.4) is 0 Å². The van der Waals surface area contributed by atoms with Gasteiger partial charge in [-0.1, -0.05) is 42.5 Å². The molecule has 2 aromatic rings. The van der Waals surface area contributed by atoms with Crippen LogP contribution in [0.4, 0.5) is 11.4 Å². The van der Waals surface area contributed by atoms with Crippen molar-refractivity contribution in [3.8, 4) is 0 Å². The molecule has 1 saturated heterocycles. The molecule has 0 aromatic heterocycles. The summed E-state index contributed by atoms with van der Waals surface area (Å²) >= 11 is 0. The number of carbonyl (C=O) groups excluding carboxylic acids is 1. The zero-order valence-electron chi connectivity index (χ0n) is 14.6. The zero-order valence-corrected chi connectivity index (χ0v) is 14.6. The topological polar surface area (TPSA) is 92.7 Å². The van der Waals surface area contributed by atoms with Gasteiger partial charge in [0.05, 0.1) is 11.5 Å². The Hall–Kier alpha value is -2.93. The van der Waals surface area contributed by atoms with Crippen LogP contribution in [0.25, 0.3) is 0 Å². The Morgan fingerprint density at radius 3 is 2.54 bits per heavy atom. The Morgan fingerprint density at radius 2 is 1.85 bits per heavy atom. The van der Waals surface area contributed by atoms with Gasteiger partial charge < -0.3 is 15.5 Å². The van der Waals surface area contributed by atoms with Gasteiger partial charge in [0, 0.05) is 38.2 Å². The summed E-state index contributed by atoms with van der Waals surface area (Å²) in [6, 6.07) is 16.2. The molecule has 0 spiro atoms. The fraction of sp³-hybridized carbons (Fsp3) is 0.316. The third-order valence-corrected chi connectivity index (χ3v) is 4.81. The van der Waals surface area contributed by atoms with Crippen LogP contribution in [-0.2, 0) is 4.79 Å². The summed E-state index contributed by atoms with van der Waals surface area (Å²) in [4.78, 5) is 26.8. The highest BCUT2D eigenvalue weighted by Gasteiger charge is 2.34. The average molecular weight is 354 g/mol. The van der Waals surface area contributed by atoms with Gasteiger partial charge in [-0.3, -0.25) is 14.9 Å². The molecule has 26 heavy (non-hydrogen) atoms. The van der Waals surface area contributed by atoms with Crippen molar-refractivity contribution in [3.63, 3.8) is 0 Å². The Morgan fingerprint density at radius 1 is 1.19 bits per heavy atom. The highest BCUT2D eigenvalue weighted by molar-refractivity contribution is 5.83. The lowest BCUT2D eigenvalue weighted by atomic mass is 9.95. The molecule has 2 aromatic carbocycles. The highest BCUT2D eigenvalue weighted by Crippen LogP contribution is 2.28. The fourth-order valence-electron chi connectivity index (χ4n) is 3.41. The van der Waals surface area contributed by atoms with Crippen molar-refractivity contribution in [1.82, 2.24) is 4.90 Å². The molecule has 0 aliphatic carbocycles. The molecule has 1 amide bonds. The molecular weight excluding hydrogens is 332 g/mol. The van der Waals surface area contributed by atoms with Gasteiger partial charge in [0.15, 0.2) is 0 Å². The summed E-state index contributed by atoms with van der Waals surface area (Å²) in [5.41, 5.74) is 7.79. The van der Waals surface area contributed by atoms with Crippen LogP contribution in [0.1, 0.15) is 11.5 Å². The van der Waals surface area contributed by atoms with E-state index in [4.69, 9.17) is 5.73 Å². The number of para-hydroxylation sites is 2. The molecular formula is C19H22N4O3. The molecule has 1 heterocycles. The number of hydrogen-bond donors (Lipinski definition) is 1. The van der Waals surface area contributed by atoms with E-state index >= 15 is 0 Å². The number of likely N-dealkylation sites (N-methyl/N-ethyl adjacent to an activating group) is 1. The zero-order chi connectivity index (χ0) is 18.7. The summed E-state index contributed by atoms with van der Waals surface area (Å²) < 4.78 is 0. The number of carbonyl (C=O) groups is 1. The largest absolute Gasteiger partial charge is 0.360 e. The highest BCUT2D eigenvalue weighted by atomic mass is 16.6. The normalized spacial score (nSPS) is 19.4. The molecule has 7 heteroatoms. The molecule has 1 aliphatic rings. The Labute approximate surface area is 152 Å². The van der Waals surface area contributed by atoms with Crippen LogP contribution >= 0.6 is 0 Å². The quantitative estimate of drug-likeness (QED) is 0.655. The van der Waals surface area contributed by atoms with Crippen molar-refractivity contribution in [2.24, 2.45) is 5.73 Å². The minimum absolute atomic E-state index is 0.0110. The van der Waals surface area contributed by atoms with E-state index in [1.165, 1.54) is 6.07 Å². The third kappa shape index (κ3) is 3.67. The maximum atomic E-state index is 12.7. The van der Waals surface area contributed by atoms with Gasteiger partial charge in [-0.2, -0.15) is 0 Å². The van der Waals surface area contributed by atoms with Crippen LogP contribution < -0.4 is 10.6 Å². The van der Waals surface area contributed by atoms with Crippen LogP contribution in [0.15, 0.2) is 54.6 Å². The predicted octanol–water partition coefficient (Wildman–Crippen LogP) is 1.98. The molecule has 0 bridgehead atoms. The summed E-state index contributed by atoms with van der Waals surface area (Å²) in [7, 11) is 1.69. The first kappa shape index (κ1) is 17.9. The summed E-state index contributed by atoms with van der Waals surface area (Å²) in [5.74, 6) is 0.0241. The van der Waals surface area contributed by atoms with E-state index in [2.05, 4.69) is 0 Å². The number of nitro benzene ring substituents is 1. The lowest BCUT2D eigenvalue weighted by molar-refractivity contribution is -0.384. The lowest BCUT2D eigenvalue weighted by Gasteiger charge is -2.23. The fourth-order valence-corrected chi connectivity index (χ4v) is 3.41. The number of likely N-dealkylation sites (tertiary alicyclic amines) is 1. The smallest absolute Gasteiger partial charge is 0.292 e. The van der Waals surface area contributed by atoms with Crippen LogP contribution in [0.5, 0.6) is 0 Å². The predicted molar refractivity (Wildman–Crippen MR) is 100 cm³/mol. The molecule has 3 rings (SSSR count). The van der Waals surface area contributed by atoms with E-state index in [0.717, 1.165) is 5.56 Å². The van der Waals surface area contributed by atoms with Crippen LogP contribution in [0, 0.1) is 10.1 Å². The van der Waals surface area contributed by atoms with Crippen molar-refractivity contribution < 1.29 is 9.72 Å². The van der Waals surface area contributed by atoms with Crippen molar-refractivity contribution in [1.29, 1.82) is 0 Å².